The number of allylic oxidation sites excluding steroid dienone is 4. The topological polar surface area (TPSA) is 0 Å². The zero-order chi connectivity index (χ0) is 31.8. The molecule has 0 aromatic heterocycles. The first-order chi connectivity index (χ1) is 20.6. The van der Waals surface area contributed by atoms with Gasteiger partial charge >= 0.3 is 28.4 Å². The molecule has 0 aliphatic heterocycles. The van der Waals surface area contributed by atoms with Crippen molar-refractivity contribution < 1.29 is 24.2 Å². The standard InChI is InChI=1S/C15H13.C12H19.2C6H4Cl.CH2.2ClH.Zr/c1-10-3-5-14-12(7-10)9-13-8-11(2)4-6-15(13)14;1-5-6-10-7-8-11(9-10)12(2,3)4;2*7-6-4-2-1-3-5-6;;;;/h3-7H,9H2,1-2H3;8-10H,5-6H2,1-4H3;2*1-2,4-5H;1H2;2*1H;/q4*-1;;;;. The Labute approximate surface area is 310 Å². The average Bonchev–Trinajstić information content (AvgIpc) is 3.60. The fourth-order valence-corrected chi connectivity index (χ4v) is 4.84. The van der Waals surface area contributed by atoms with Gasteiger partial charge in [0.2, 0.25) is 0 Å². The second-order valence-electron chi connectivity index (χ2n) is 11.4. The van der Waals surface area contributed by atoms with Crippen LogP contribution < -0.4 is 0 Å². The predicted octanol–water partition coefficient (Wildman–Crippen LogP) is 12.5. The van der Waals surface area contributed by atoms with Crippen LogP contribution >= 0.6 is 48.0 Å². The van der Waals surface area contributed by atoms with E-state index in [9.17, 15) is 0 Å². The summed E-state index contributed by atoms with van der Waals surface area (Å²) in [4.78, 5) is 0. The van der Waals surface area contributed by atoms with Crippen molar-refractivity contribution in [3.8, 4) is 11.1 Å². The fourth-order valence-electron chi connectivity index (χ4n) is 4.57. The van der Waals surface area contributed by atoms with E-state index in [0.29, 0.717) is 11.3 Å². The van der Waals surface area contributed by atoms with E-state index in [0.717, 1.165) is 16.5 Å². The summed E-state index contributed by atoms with van der Waals surface area (Å²) < 4.78 is 3.34. The van der Waals surface area contributed by atoms with Gasteiger partial charge < -0.3 is 0 Å². The van der Waals surface area contributed by atoms with Crippen molar-refractivity contribution in [1.29, 1.82) is 0 Å². The molecule has 0 amide bonds. The Morgan fingerprint density at radius 2 is 1.44 bits per heavy atom. The van der Waals surface area contributed by atoms with Crippen LogP contribution in [0.1, 0.15) is 62.8 Å². The number of hydrogen-bond donors (Lipinski definition) is 0. The van der Waals surface area contributed by atoms with Crippen molar-refractivity contribution in [3.63, 3.8) is 0 Å². The van der Waals surface area contributed by atoms with Crippen LogP contribution in [0.2, 0.25) is 10.0 Å². The molecule has 45 heavy (non-hydrogen) atoms. The second-order valence-corrected chi connectivity index (χ2v) is 12.3. The Morgan fingerprint density at radius 1 is 0.867 bits per heavy atom. The van der Waals surface area contributed by atoms with Crippen LogP contribution in [0.5, 0.6) is 0 Å². The van der Waals surface area contributed by atoms with Crippen LogP contribution in [0.15, 0.2) is 96.6 Å². The summed E-state index contributed by atoms with van der Waals surface area (Å²) in [5.74, 6) is 0.587. The quantitative estimate of drug-likeness (QED) is 0.157. The van der Waals surface area contributed by atoms with E-state index in [1.54, 1.807) is 12.1 Å². The molecule has 0 spiro atoms. The fraction of sp³-hybridized carbons (Fsp3) is 0.275. The Bertz CT molecular complexity index is 1370. The van der Waals surface area contributed by atoms with E-state index in [1.165, 1.54) is 76.0 Å². The van der Waals surface area contributed by atoms with Crippen molar-refractivity contribution in [2.24, 2.45) is 11.3 Å². The molecule has 5 heteroatoms. The number of benzene rings is 4. The van der Waals surface area contributed by atoms with E-state index < -0.39 is 0 Å². The van der Waals surface area contributed by atoms with Gasteiger partial charge in [0.25, 0.3) is 0 Å². The molecule has 2 aliphatic rings. The zero-order valence-corrected chi connectivity index (χ0v) is 32.7. The third kappa shape index (κ3) is 15.6. The van der Waals surface area contributed by atoms with Gasteiger partial charge in [-0.15, -0.1) is 35.9 Å². The molecule has 1 unspecified atom stereocenters. The van der Waals surface area contributed by atoms with Crippen LogP contribution in [-0.2, 0) is 30.7 Å². The van der Waals surface area contributed by atoms with Gasteiger partial charge in [-0.2, -0.15) is 119 Å². The van der Waals surface area contributed by atoms with Gasteiger partial charge in [-0.25, -0.2) is 6.08 Å². The molecule has 4 aromatic rings. The molecule has 6 rings (SSSR count). The summed E-state index contributed by atoms with van der Waals surface area (Å²) >= 11 is 12.3. The summed E-state index contributed by atoms with van der Waals surface area (Å²) in [5, 5.41) is 1.48. The molecule has 240 valence electrons. The van der Waals surface area contributed by atoms with Gasteiger partial charge in [0, 0.05) is 0 Å². The maximum atomic E-state index is 5.51. The molecule has 0 saturated heterocycles. The molecule has 1 atom stereocenters. The summed E-state index contributed by atoms with van der Waals surface area (Å²) in [6.07, 6.45) is 11.5. The molecule has 0 bridgehead atoms. The number of aryl methyl sites for hydroxylation is 2. The monoisotopic (exact) mass is 754 g/mol. The Morgan fingerprint density at radius 3 is 1.89 bits per heavy atom. The van der Waals surface area contributed by atoms with Crippen molar-refractivity contribution in [2.75, 3.05) is 0 Å². The van der Waals surface area contributed by atoms with E-state index in [1.807, 2.05) is 36.4 Å². The number of hydrogen-bond acceptors (Lipinski definition) is 0. The maximum absolute atomic E-state index is 5.51. The van der Waals surface area contributed by atoms with Gasteiger partial charge in [-0.3, -0.25) is 6.08 Å². The summed E-state index contributed by atoms with van der Waals surface area (Å²) in [6, 6.07) is 34.6. The normalized spacial score (nSPS) is 13.0. The summed E-state index contributed by atoms with van der Waals surface area (Å²) in [7, 11) is 0. The molecule has 0 N–H and O–H groups in total. The molecule has 0 nitrogen and oxygen atoms in total. The molecular formula is C40H44Cl4Zr-4. The van der Waals surface area contributed by atoms with Crippen LogP contribution in [0.25, 0.3) is 11.1 Å². The number of halogens is 4. The molecule has 0 radical (unpaired) electrons. The Kier molecular flexibility index (Phi) is 21.9. The first-order valence-corrected chi connectivity index (χ1v) is 17.1. The third-order valence-electron chi connectivity index (χ3n) is 6.73. The number of fused-ring (bicyclic) bond motifs is 3. The van der Waals surface area contributed by atoms with Crippen LogP contribution in [0.4, 0.5) is 0 Å². The minimum atomic E-state index is 0. The summed E-state index contributed by atoms with van der Waals surface area (Å²) in [5.41, 5.74) is 9.90. The second kappa shape index (κ2) is 22.7. The molecule has 0 fully saturated rings. The first-order valence-electron chi connectivity index (χ1n) is 14.6. The van der Waals surface area contributed by atoms with Crippen molar-refractivity contribution >= 4 is 52.2 Å². The van der Waals surface area contributed by atoms with Gasteiger partial charge in [0.1, 0.15) is 0 Å². The first kappa shape index (κ1) is 43.3. The van der Waals surface area contributed by atoms with E-state index in [2.05, 4.69) is 113 Å². The van der Waals surface area contributed by atoms with Gasteiger partial charge in [0.05, 0.1) is 0 Å². The third-order valence-corrected chi connectivity index (χ3v) is 7.20. The predicted molar refractivity (Wildman–Crippen MR) is 199 cm³/mol. The van der Waals surface area contributed by atoms with Gasteiger partial charge in [0.15, 0.2) is 0 Å². The average molecular weight is 758 g/mol. The Hall–Kier alpha value is -1.73. The van der Waals surface area contributed by atoms with Crippen LogP contribution in [0, 0.1) is 49.5 Å². The van der Waals surface area contributed by atoms with Crippen molar-refractivity contribution in [3.05, 3.63) is 153 Å². The van der Waals surface area contributed by atoms with E-state index >= 15 is 0 Å². The van der Waals surface area contributed by atoms with Crippen LogP contribution in [-0.4, -0.2) is 4.21 Å². The van der Waals surface area contributed by atoms with Crippen LogP contribution in [0.3, 0.4) is 0 Å². The van der Waals surface area contributed by atoms with Gasteiger partial charge in [-0.05, 0) is 18.9 Å². The Balaban J connectivity index is 0.000000582. The van der Waals surface area contributed by atoms with Crippen molar-refractivity contribution in [1.82, 2.24) is 0 Å². The van der Waals surface area contributed by atoms with Gasteiger partial charge in [-0.1, -0.05) is 98.2 Å². The SMILES string of the molecule is CCCC1[C-]=CC(C(C)(C)C)=C1.Cc1[c-]c2c(cc1)-c1ccc(C)cc1C2.Cl.Cl.Clc1c[c-]ccc1.Clc1c[c-]ccc1.[CH2]=[Zr]. The molecule has 0 saturated carbocycles. The molecular weight excluding hydrogens is 713 g/mol. The van der Waals surface area contributed by atoms with E-state index in [-0.39, 0.29) is 24.8 Å². The zero-order valence-electron chi connectivity index (χ0n) is 27.1. The molecule has 0 heterocycles. The van der Waals surface area contributed by atoms with E-state index in [4.69, 9.17) is 23.2 Å². The summed E-state index contributed by atoms with van der Waals surface area (Å²) in [6.45, 7) is 13.2. The molecule has 2 aliphatic carbocycles. The molecule has 4 aromatic carbocycles. The van der Waals surface area contributed by atoms with Crippen molar-refractivity contribution in [2.45, 2.75) is 60.8 Å². The number of rotatable bonds is 2. The minimum absolute atomic E-state index is 0.